The monoisotopic (exact) mass is 439 g/mol. The second-order valence-electron chi connectivity index (χ2n) is 5.29. The molecule has 0 fully saturated rings. The van der Waals surface area contributed by atoms with Gasteiger partial charge >= 0.3 is 0 Å². The van der Waals surface area contributed by atoms with Crippen LogP contribution in [0.4, 0.5) is 0 Å². The lowest BCUT2D eigenvalue weighted by atomic mass is 10.1. The molecular formula is C17H24Cl2IN. The summed E-state index contributed by atoms with van der Waals surface area (Å²) in [5, 5.41) is 0.797. The van der Waals surface area contributed by atoms with Gasteiger partial charge in [-0.3, -0.25) is 0 Å². The van der Waals surface area contributed by atoms with E-state index in [0.29, 0.717) is 4.05 Å². The predicted molar refractivity (Wildman–Crippen MR) is 97.2 cm³/mol. The zero-order chi connectivity index (χ0) is 15.0. The lowest BCUT2D eigenvalue weighted by molar-refractivity contribution is -0.927. The molecule has 1 unspecified atom stereocenters. The van der Waals surface area contributed by atoms with E-state index in [-0.39, 0.29) is 12.4 Å². The van der Waals surface area contributed by atoms with E-state index < -0.39 is 0 Å². The Morgan fingerprint density at radius 3 is 2.14 bits per heavy atom. The molecule has 0 aliphatic rings. The smallest absolute Gasteiger partial charge is 0.144 e. The van der Waals surface area contributed by atoms with Crippen LogP contribution in [0.1, 0.15) is 32.3 Å². The molecule has 0 amide bonds. The van der Waals surface area contributed by atoms with E-state index >= 15 is 0 Å². The third-order valence-electron chi connectivity index (χ3n) is 3.66. The minimum Gasteiger partial charge on any atom is -1.00 e. The fourth-order valence-corrected chi connectivity index (χ4v) is 4.12. The largest absolute Gasteiger partial charge is 1.00 e. The molecule has 1 aromatic rings. The van der Waals surface area contributed by atoms with Gasteiger partial charge in [0.2, 0.25) is 0 Å². The van der Waals surface area contributed by atoms with Crippen LogP contribution in [0.2, 0.25) is 5.02 Å². The molecule has 4 heteroatoms. The number of benzene rings is 1. The molecule has 1 nitrogen and oxygen atoms in total. The van der Waals surface area contributed by atoms with E-state index in [1.165, 1.54) is 18.4 Å². The van der Waals surface area contributed by atoms with Gasteiger partial charge in [-0.25, -0.2) is 0 Å². The number of quaternary nitrogens is 1. The van der Waals surface area contributed by atoms with Gasteiger partial charge in [0, 0.05) is 11.4 Å². The zero-order valence-corrected chi connectivity index (χ0v) is 16.5. The molecule has 0 N–H and O–H groups in total. The first-order valence-electron chi connectivity index (χ1n) is 7.25. The van der Waals surface area contributed by atoms with E-state index in [4.69, 9.17) is 18.0 Å². The van der Waals surface area contributed by atoms with E-state index in [0.717, 1.165) is 35.6 Å². The molecule has 0 aromatic heterocycles. The van der Waals surface area contributed by atoms with Gasteiger partial charge in [0.05, 0.1) is 13.1 Å². The van der Waals surface area contributed by atoms with Crippen molar-refractivity contribution >= 4 is 34.2 Å². The van der Waals surface area contributed by atoms with Crippen molar-refractivity contribution in [3.8, 4) is 12.3 Å². The minimum atomic E-state index is 0. The summed E-state index contributed by atoms with van der Waals surface area (Å²) < 4.78 is 1.52. The normalized spacial score (nSPS) is 12.3. The van der Waals surface area contributed by atoms with Crippen LogP contribution < -0.4 is 12.4 Å². The molecule has 21 heavy (non-hydrogen) atoms. The van der Waals surface area contributed by atoms with Crippen LogP contribution in [-0.4, -0.2) is 28.2 Å². The number of hydrogen-bond donors (Lipinski definition) is 0. The highest BCUT2D eigenvalue weighted by Gasteiger charge is 2.32. The third-order valence-corrected chi connectivity index (χ3v) is 5.53. The van der Waals surface area contributed by atoms with Crippen molar-refractivity contribution in [1.29, 1.82) is 0 Å². The van der Waals surface area contributed by atoms with Gasteiger partial charge in [-0.15, -0.1) is 6.42 Å². The van der Waals surface area contributed by atoms with E-state index in [1.54, 1.807) is 0 Å². The Morgan fingerprint density at radius 2 is 1.71 bits per heavy atom. The first-order chi connectivity index (χ1) is 9.57. The maximum absolute atomic E-state index is 5.96. The second-order valence-corrected chi connectivity index (χ2v) is 7.17. The highest BCUT2D eigenvalue weighted by Crippen LogP contribution is 2.25. The van der Waals surface area contributed by atoms with Crippen LogP contribution in [0.15, 0.2) is 24.3 Å². The summed E-state index contributed by atoms with van der Waals surface area (Å²) in [5.74, 6) is 2.90. The number of hydrogen-bond acceptors (Lipinski definition) is 0. The molecule has 118 valence electrons. The van der Waals surface area contributed by atoms with Crippen molar-refractivity contribution in [2.45, 2.75) is 37.2 Å². The SMILES string of the molecule is C#CC[N+](CCC)(CCC)C(I)Cc1ccc(Cl)cc1.[Cl-]. The van der Waals surface area contributed by atoms with E-state index in [1.807, 2.05) is 12.1 Å². The number of halogens is 3. The highest BCUT2D eigenvalue weighted by molar-refractivity contribution is 14.1. The summed E-state index contributed by atoms with van der Waals surface area (Å²) in [6, 6.07) is 8.18. The van der Waals surface area contributed by atoms with Gasteiger partial charge in [0.1, 0.15) is 10.6 Å². The lowest BCUT2D eigenvalue weighted by Gasteiger charge is -2.41. The summed E-state index contributed by atoms with van der Waals surface area (Å²) in [6.45, 7) is 7.61. The Kier molecular flexibility index (Phi) is 10.7. The summed E-state index contributed by atoms with van der Waals surface area (Å²) in [7, 11) is 0. The lowest BCUT2D eigenvalue weighted by Crippen LogP contribution is -3.00. The first kappa shape index (κ1) is 21.0. The second kappa shape index (κ2) is 10.7. The third kappa shape index (κ3) is 6.36. The predicted octanol–water partition coefficient (Wildman–Crippen LogP) is 1.92. The summed E-state index contributed by atoms with van der Waals surface area (Å²) in [4.78, 5) is 0. The molecule has 1 rings (SSSR count). The Hall–Kier alpha value is 0.0500. The Morgan fingerprint density at radius 1 is 1.19 bits per heavy atom. The molecule has 1 aromatic carbocycles. The maximum Gasteiger partial charge on any atom is 0.144 e. The average molecular weight is 440 g/mol. The maximum atomic E-state index is 5.96. The zero-order valence-electron chi connectivity index (χ0n) is 12.8. The van der Waals surface area contributed by atoms with Crippen LogP contribution in [-0.2, 0) is 6.42 Å². The van der Waals surface area contributed by atoms with Crippen LogP contribution in [0.3, 0.4) is 0 Å². The Bertz CT molecular complexity index is 433. The van der Waals surface area contributed by atoms with Crippen molar-refractivity contribution in [1.82, 2.24) is 0 Å². The minimum absolute atomic E-state index is 0. The fraction of sp³-hybridized carbons (Fsp3) is 0.529. The van der Waals surface area contributed by atoms with Gasteiger partial charge in [-0.1, -0.05) is 37.6 Å². The van der Waals surface area contributed by atoms with Crippen molar-refractivity contribution in [2.24, 2.45) is 0 Å². The van der Waals surface area contributed by atoms with Crippen LogP contribution in [0, 0.1) is 12.3 Å². The van der Waals surface area contributed by atoms with E-state index in [9.17, 15) is 0 Å². The van der Waals surface area contributed by atoms with Gasteiger partial charge in [0.15, 0.2) is 0 Å². The van der Waals surface area contributed by atoms with E-state index in [2.05, 4.69) is 54.5 Å². The van der Waals surface area contributed by atoms with Gasteiger partial charge in [0.25, 0.3) is 0 Å². The fourth-order valence-electron chi connectivity index (χ4n) is 2.73. The molecule has 0 heterocycles. The molecule has 0 radical (unpaired) electrons. The average Bonchev–Trinajstić information content (AvgIpc) is 2.42. The number of alkyl halides is 1. The first-order valence-corrected chi connectivity index (χ1v) is 8.88. The van der Waals surface area contributed by atoms with Crippen molar-refractivity contribution in [3.05, 3.63) is 34.9 Å². The molecule has 1 atom stereocenters. The molecule has 0 saturated carbocycles. The molecule has 0 bridgehead atoms. The van der Waals surface area contributed by atoms with Crippen LogP contribution >= 0.6 is 34.2 Å². The summed E-state index contributed by atoms with van der Waals surface area (Å²) in [6.07, 6.45) is 9.02. The number of nitrogens with zero attached hydrogens (tertiary/aromatic N) is 1. The van der Waals surface area contributed by atoms with Crippen LogP contribution in [0.5, 0.6) is 0 Å². The van der Waals surface area contributed by atoms with Crippen molar-refractivity contribution in [2.75, 3.05) is 19.6 Å². The molecule has 0 aliphatic heterocycles. The quantitative estimate of drug-likeness (QED) is 0.191. The summed E-state index contributed by atoms with van der Waals surface area (Å²) >= 11 is 8.54. The number of rotatable bonds is 8. The van der Waals surface area contributed by atoms with Gasteiger partial charge in [-0.05, 0) is 59.0 Å². The topological polar surface area (TPSA) is 0 Å². The number of terminal acetylenes is 1. The van der Waals surface area contributed by atoms with Crippen molar-refractivity contribution in [3.63, 3.8) is 0 Å². The van der Waals surface area contributed by atoms with Gasteiger partial charge in [-0.2, -0.15) is 0 Å². The molecular weight excluding hydrogens is 416 g/mol. The Labute approximate surface area is 154 Å². The van der Waals surface area contributed by atoms with Crippen molar-refractivity contribution < 1.29 is 16.9 Å². The van der Waals surface area contributed by atoms with Crippen LogP contribution in [0.25, 0.3) is 0 Å². The Balaban J connectivity index is 0.00000400. The molecule has 0 aliphatic carbocycles. The molecule has 0 spiro atoms. The van der Waals surface area contributed by atoms with Gasteiger partial charge < -0.3 is 16.9 Å². The summed E-state index contributed by atoms with van der Waals surface area (Å²) in [5.41, 5.74) is 1.33. The molecule has 0 saturated heterocycles. The standard InChI is InChI=1S/C17H24ClIN.ClH/c1-4-11-20(12-5-2,13-6-3)17(19)14-15-7-9-16(18)10-8-15;/h1,7-10,17H,5-6,11-14H2,2-3H3;1H/q+1;/p-1. The highest BCUT2D eigenvalue weighted by atomic mass is 127.